The number of ether oxygens (including phenoxy) is 1. The summed E-state index contributed by atoms with van der Waals surface area (Å²) in [5.41, 5.74) is 1.84. The summed E-state index contributed by atoms with van der Waals surface area (Å²) in [5.74, 6) is 2.23. The lowest BCUT2D eigenvalue weighted by atomic mass is 10.0. The molecule has 6 nitrogen and oxygen atoms in total. The van der Waals surface area contributed by atoms with Gasteiger partial charge in [0.2, 0.25) is 0 Å². The molecule has 7 heteroatoms. The highest BCUT2D eigenvalue weighted by molar-refractivity contribution is 6.33. The summed E-state index contributed by atoms with van der Waals surface area (Å²) in [6.07, 6.45) is 1.92. The molecule has 0 unspecified atom stereocenters. The molecule has 0 bridgehead atoms. The molecule has 1 saturated heterocycles. The Hall–Kier alpha value is -3.22. The smallest absolute Gasteiger partial charge is 0.338 e. The third-order valence-electron chi connectivity index (χ3n) is 6.11. The van der Waals surface area contributed by atoms with Crippen molar-refractivity contribution in [1.29, 1.82) is 0 Å². The molecule has 2 aromatic carbocycles. The van der Waals surface area contributed by atoms with Crippen molar-refractivity contribution in [1.82, 2.24) is 5.32 Å². The van der Waals surface area contributed by atoms with Gasteiger partial charge in [0.15, 0.2) is 0 Å². The van der Waals surface area contributed by atoms with Gasteiger partial charge in [0, 0.05) is 23.1 Å². The number of piperidine rings is 1. The topological polar surface area (TPSA) is 67.8 Å². The second-order valence-electron chi connectivity index (χ2n) is 8.17. The Morgan fingerprint density at radius 1 is 1.06 bits per heavy atom. The normalized spacial score (nSPS) is 14.5. The molecule has 0 radical (unpaired) electrons. The minimum atomic E-state index is -0.377. The highest BCUT2D eigenvalue weighted by Gasteiger charge is 2.25. The van der Waals surface area contributed by atoms with E-state index in [1.807, 2.05) is 42.5 Å². The van der Waals surface area contributed by atoms with Gasteiger partial charge in [0.05, 0.1) is 24.4 Å². The summed E-state index contributed by atoms with van der Waals surface area (Å²) in [7, 11) is 1.63. The Balaban J connectivity index is 1.57. The molecule has 0 amide bonds. The number of hydrogen-bond donors (Lipinski definition) is 1. The van der Waals surface area contributed by atoms with E-state index in [2.05, 4.69) is 10.2 Å². The first kappa shape index (κ1) is 21.6. The summed E-state index contributed by atoms with van der Waals surface area (Å²) in [6, 6.07) is 18.9. The van der Waals surface area contributed by atoms with Gasteiger partial charge in [-0.2, -0.15) is 0 Å². The summed E-state index contributed by atoms with van der Waals surface area (Å²) < 4.78 is 17.1. The molecule has 33 heavy (non-hydrogen) atoms. The van der Waals surface area contributed by atoms with Gasteiger partial charge in [-0.15, -0.1) is 0 Å². The average Bonchev–Trinajstić information content (AvgIpc) is 3.31. The van der Waals surface area contributed by atoms with Crippen LogP contribution in [0.5, 0.6) is 5.75 Å². The van der Waals surface area contributed by atoms with Crippen LogP contribution in [0.2, 0.25) is 5.02 Å². The van der Waals surface area contributed by atoms with Gasteiger partial charge in [-0.3, -0.25) is 0 Å². The zero-order valence-corrected chi connectivity index (χ0v) is 19.1. The lowest BCUT2D eigenvalue weighted by Crippen LogP contribution is -2.43. The molecule has 0 aliphatic carbocycles. The van der Waals surface area contributed by atoms with E-state index < -0.39 is 0 Å². The van der Waals surface area contributed by atoms with Crippen molar-refractivity contribution in [2.45, 2.75) is 25.4 Å². The van der Waals surface area contributed by atoms with Gasteiger partial charge >= 0.3 is 5.63 Å². The predicted molar refractivity (Wildman–Crippen MR) is 130 cm³/mol. The van der Waals surface area contributed by atoms with Crippen molar-refractivity contribution in [2.75, 3.05) is 25.1 Å². The molecular weight excluding hydrogens is 440 g/mol. The van der Waals surface area contributed by atoms with Crippen molar-refractivity contribution in [3.63, 3.8) is 0 Å². The maximum absolute atomic E-state index is 12.4. The fraction of sp³-hybridized carbons (Fsp3) is 0.269. The van der Waals surface area contributed by atoms with Crippen LogP contribution in [0, 0.1) is 0 Å². The Morgan fingerprint density at radius 3 is 2.67 bits per heavy atom. The van der Waals surface area contributed by atoms with Gasteiger partial charge < -0.3 is 23.8 Å². The minimum Gasteiger partial charge on any atom is -0.497 e. The fourth-order valence-electron chi connectivity index (χ4n) is 4.46. The van der Waals surface area contributed by atoms with E-state index in [4.69, 9.17) is 25.2 Å². The van der Waals surface area contributed by atoms with Crippen LogP contribution in [0.1, 0.15) is 18.6 Å². The van der Waals surface area contributed by atoms with E-state index >= 15 is 0 Å². The maximum Gasteiger partial charge on any atom is 0.338 e. The van der Waals surface area contributed by atoms with Crippen LogP contribution in [-0.4, -0.2) is 26.2 Å². The van der Waals surface area contributed by atoms with Gasteiger partial charge in [0.1, 0.15) is 22.9 Å². The first-order chi connectivity index (χ1) is 16.1. The van der Waals surface area contributed by atoms with E-state index in [0.717, 1.165) is 54.1 Å². The largest absolute Gasteiger partial charge is 0.497 e. The zero-order chi connectivity index (χ0) is 22.8. The number of halogens is 1. The highest BCUT2D eigenvalue weighted by atomic mass is 35.5. The first-order valence-corrected chi connectivity index (χ1v) is 11.4. The zero-order valence-electron chi connectivity index (χ0n) is 18.3. The van der Waals surface area contributed by atoms with Crippen LogP contribution < -0.4 is 20.6 Å². The van der Waals surface area contributed by atoms with Gasteiger partial charge in [-0.1, -0.05) is 23.7 Å². The molecule has 0 saturated carbocycles. The molecule has 1 N–H and O–H groups in total. The third-order valence-corrected chi connectivity index (χ3v) is 6.44. The molecule has 0 spiro atoms. The minimum absolute atomic E-state index is 0.247. The van der Waals surface area contributed by atoms with E-state index in [-0.39, 0.29) is 11.7 Å². The van der Waals surface area contributed by atoms with E-state index in [0.29, 0.717) is 22.9 Å². The van der Waals surface area contributed by atoms with Crippen LogP contribution in [-0.2, 0) is 6.54 Å². The lowest BCUT2D eigenvalue weighted by molar-refractivity contribution is 0.411. The second-order valence-corrected chi connectivity index (χ2v) is 8.57. The van der Waals surface area contributed by atoms with E-state index in [9.17, 15) is 4.79 Å². The van der Waals surface area contributed by atoms with Crippen molar-refractivity contribution in [3.05, 3.63) is 81.9 Å². The van der Waals surface area contributed by atoms with Crippen LogP contribution in [0.3, 0.4) is 0 Å². The van der Waals surface area contributed by atoms with Crippen LogP contribution in [0.15, 0.2) is 74.3 Å². The monoisotopic (exact) mass is 464 g/mol. The second kappa shape index (κ2) is 9.33. The number of hydrogen-bond acceptors (Lipinski definition) is 6. The standard InChI is InChI=1S/C26H25ClN2O4/c1-31-18-6-8-25-21(14-18)23(15-26(30)33-25)29(17-10-12-28-13-11-17)16-19-7-9-24(32-19)20-4-2-3-5-22(20)27/h2-9,14-15,17,28H,10-13,16H2,1H3. The van der Waals surface area contributed by atoms with E-state index in [1.165, 1.54) is 0 Å². The Morgan fingerprint density at radius 2 is 1.88 bits per heavy atom. The number of fused-ring (bicyclic) bond motifs is 1. The number of benzene rings is 2. The lowest BCUT2D eigenvalue weighted by Gasteiger charge is -2.36. The molecule has 4 aromatic rings. The number of methoxy groups -OCH3 is 1. The molecule has 3 heterocycles. The summed E-state index contributed by atoms with van der Waals surface area (Å²) >= 11 is 6.37. The summed E-state index contributed by atoms with van der Waals surface area (Å²) in [5, 5.41) is 4.90. The summed E-state index contributed by atoms with van der Waals surface area (Å²) in [6.45, 7) is 2.37. The Bertz CT molecular complexity index is 1320. The maximum atomic E-state index is 12.4. The third kappa shape index (κ3) is 4.49. The van der Waals surface area contributed by atoms with E-state index in [1.54, 1.807) is 25.3 Å². The SMILES string of the molecule is COc1ccc2oc(=O)cc(N(Cc3ccc(-c4ccccc4Cl)o3)C3CCNCC3)c2c1. The molecule has 5 rings (SSSR count). The molecule has 170 valence electrons. The quantitative estimate of drug-likeness (QED) is 0.381. The molecule has 1 aliphatic heterocycles. The summed E-state index contributed by atoms with van der Waals surface area (Å²) in [4.78, 5) is 14.7. The van der Waals surface area contributed by atoms with Gasteiger partial charge in [-0.25, -0.2) is 4.79 Å². The average molecular weight is 465 g/mol. The molecule has 1 aliphatic rings. The Labute approximate surface area is 196 Å². The predicted octanol–water partition coefficient (Wildman–Crippen LogP) is 5.47. The van der Waals surface area contributed by atoms with Crippen LogP contribution in [0.4, 0.5) is 5.69 Å². The number of rotatable bonds is 6. The number of furan rings is 1. The molecule has 2 aromatic heterocycles. The highest BCUT2D eigenvalue weighted by Crippen LogP contribution is 2.34. The van der Waals surface area contributed by atoms with Gasteiger partial charge in [0.25, 0.3) is 0 Å². The van der Waals surface area contributed by atoms with Crippen molar-refractivity contribution in [3.8, 4) is 17.1 Å². The first-order valence-electron chi connectivity index (χ1n) is 11.1. The van der Waals surface area contributed by atoms with Crippen LogP contribution >= 0.6 is 11.6 Å². The number of nitrogens with one attached hydrogen (secondary N) is 1. The Kier molecular flexibility index (Phi) is 6.11. The molecule has 0 atom stereocenters. The van der Waals surface area contributed by atoms with Crippen molar-refractivity contribution in [2.24, 2.45) is 0 Å². The fourth-order valence-corrected chi connectivity index (χ4v) is 4.68. The number of anilines is 1. The molecule has 1 fully saturated rings. The molecular formula is C26H25ClN2O4. The number of nitrogens with zero attached hydrogens (tertiary/aromatic N) is 1. The van der Waals surface area contributed by atoms with Crippen molar-refractivity contribution >= 4 is 28.3 Å². The van der Waals surface area contributed by atoms with Gasteiger partial charge in [-0.05, 0) is 68.4 Å². The van der Waals surface area contributed by atoms with Crippen LogP contribution in [0.25, 0.3) is 22.3 Å². The van der Waals surface area contributed by atoms with Crippen molar-refractivity contribution < 1.29 is 13.6 Å².